The molecule has 0 unspecified atom stereocenters. The summed E-state index contributed by atoms with van der Waals surface area (Å²) in [7, 11) is 0. The van der Waals surface area contributed by atoms with Gasteiger partial charge in [-0.15, -0.1) is 0 Å². The summed E-state index contributed by atoms with van der Waals surface area (Å²) in [6.07, 6.45) is 5.46. The predicted octanol–water partition coefficient (Wildman–Crippen LogP) is 4.79. The second-order valence-corrected chi connectivity index (χ2v) is 6.31. The van der Waals surface area contributed by atoms with Gasteiger partial charge in [-0.05, 0) is 25.0 Å². The quantitative estimate of drug-likeness (QED) is 0.582. The van der Waals surface area contributed by atoms with Crippen molar-refractivity contribution in [3.8, 4) is 0 Å². The summed E-state index contributed by atoms with van der Waals surface area (Å²) in [5.74, 6) is 0.280. The van der Waals surface area contributed by atoms with Crippen LogP contribution in [0.15, 0.2) is 24.5 Å². The lowest BCUT2D eigenvalue weighted by Crippen LogP contribution is -2.17. The Hall–Kier alpha value is -2.12. The molecule has 9 heteroatoms. The van der Waals surface area contributed by atoms with Gasteiger partial charge in [0, 0.05) is 6.04 Å². The van der Waals surface area contributed by atoms with E-state index in [9.17, 15) is 10.1 Å². The number of nitro groups is 1. The number of nitrogens with zero attached hydrogens (tertiary/aromatic N) is 3. The summed E-state index contributed by atoms with van der Waals surface area (Å²) in [6, 6.07) is 5.20. The number of hydrogen-bond acceptors (Lipinski definition) is 6. The molecule has 7 nitrogen and oxygen atoms in total. The molecule has 24 heavy (non-hydrogen) atoms. The predicted molar refractivity (Wildman–Crippen MR) is 94.3 cm³/mol. The molecule has 126 valence electrons. The van der Waals surface area contributed by atoms with Crippen molar-refractivity contribution in [1.82, 2.24) is 9.97 Å². The van der Waals surface area contributed by atoms with Crippen LogP contribution in [0.4, 0.5) is 23.0 Å². The third kappa shape index (κ3) is 3.52. The minimum atomic E-state index is -0.502. The SMILES string of the molecule is O=[N+]([O-])c1c(Nc2cccc(Cl)c2Cl)ncnc1NC1CCCC1. The summed E-state index contributed by atoms with van der Waals surface area (Å²) in [6.45, 7) is 0. The van der Waals surface area contributed by atoms with Crippen LogP contribution in [-0.4, -0.2) is 20.9 Å². The van der Waals surface area contributed by atoms with Crippen LogP contribution in [0.5, 0.6) is 0 Å². The van der Waals surface area contributed by atoms with E-state index in [2.05, 4.69) is 20.6 Å². The van der Waals surface area contributed by atoms with E-state index in [1.54, 1.807) is 18.2 Å². The normalized spacial score (nSPS) is 14.6. The fourth-order valence-corrected chi connectivity index (χ4v) is 3.09. The fraction of sp³-hybridized carbons (Fsp3) is 0.333. The van der Waals surface area contributed by atoms with E-state index >= 15 is 0 Å². The Balaban J connectivity index is 1.94. The van der Waals surface area contributed by atoms with Gasteiger partial charge in [0.2, 0.25) is 11.6 Å². The molecule has 0 atom stereocenters. The van der Waals surface area contributed by atoms with Gasteiger partial charge in [0.15, 0.2) is 0 Å². The van der Waals surface area contributed by atoms with Crippen molar-refractivity contribution in [2.45, 2.75) is 31.7 Å². The van der Waals surface area contributed by atoms with E-state index in [-0.39, 0.29) is 28.4 Å². The van der Waals surface area contributed by atoms with Crippen LogP contribution in [0.3, 0.4) is 0 Å². The molecule has 0 spiro atoms. The average Bonchev–Trinajstić information content (AvgIpc) is 3.05. The topological polar surface area (TPSA) is 93.0 Å². The largest absolute Gasteiger partial charge is 0.361 e. The standard InChI is InChI=1S/C15H15Cl2N5O2/c16-10-6-3-7-11(12(10)17)21-15-13(22(23)24)14(18-8-19-15)20-9-4-1-2-5-9/h3,6-9H,1-2,4-5H2,(H2,18,19,20,21). The van der Waals surface area contributed by atoms with Gasteiger partial charge in [-0.25, -0.2) is 9.97 Å². The first-order valence-corrected chi connectivity index (χ1v) is 8.29. The highest BCUT2D eigenvalue weighted by molar-refractivity contribution is 6.43. The van der Waals surface area contributed by atoms with Gasteiger partial charge >= 0.3 is 5.69 Å². The molecule has 1 aromatic carbocycles. The van der Waals surface area contributed by atoms with Crippen LogP contribution < -0.4 is 10.6 Å². The maximum Gasteiger partial charge on any atom is 0.353 e. The number of nitrogens with one attached hydrogen (secondary N) is 2. The first-order chi connectivity index (χ1) is 11.6. The highest BCUT2D eigenvalue weighted by atomic mass is 35.5. The lowest BCUT2D eigenvalue weighted by molar-refractivity contribution is -0.383. The van der Waals surface area contributed by atoms with Gasteiger partial charge in [0.05, 0.1) is 20.7 Å². The van der Waals surface area contributed by atoms with Crippen molar-refractivity contribution < 1.29 is 4.92 Å². The van der Waals surface area contributed by atoms with Gasteiger partial charge in [-0.2, -0.15) is 0 Å². The molecule has 1 fully saturated rings. The van der Waals surface area contributed by atoms with Crippen LogP contribution in [0, 0.1) is 10.1 Å². The number of benzene rings is 1. The lowest BCUT2D eigenvalue weighted by atomic mass is 10.2. The molecule has 1 saturated carbocycles. The van der Waals surface area contributed by atoms with E-state index in [1.807, 2.05) is 0 Å². The molecule has 1 heterocycles. The van der Waals surface area contributed by atoms with Crippen molar-refractivity contribution in [3.63, 3.8) is 0 Å². The molecule has 0 radical (unpaired) electrons. The van der Waals surface area contributed by atoms with Crippen molar-refractivity contribution in [3.05, 3.63) is 44.7 Å². The molecule has 1 aliphatic rings. The van der Waals surface area contributed by atoms with E-state index in [0.717, 1.165) is 25.7 Å². The highest BCUT2D eigenvalue weighted by Gasteiger charge is 2.26. The summed E-state index contributed by atoms with van der Waals surface area (Å²) < 4.78 is 0. The molecule has 2 aromatic rings. The summed E-state index contributed by atoms with van der Waals surface area (Å²) in [5, 5.41) is 18.2. The summed E-state index contributed by atoms with van der Waals surface area (Å²) in [5.41, 5.74) is 0.234. The fourth-order valence-electron chi connectivity index (χ4n) is 2.74. The van der Waals surface area contributed by atoms with Gasteiger partial charge in [-0.3, -0.25) is 10.1 Å². The number of hydrogen-bond donors (Lipinski definition) is 2. The van der Waals surface area contributed by atoms with Gasteiger partial charge in [-0.1, -0.05) is 42.1 Å². The summed E-state index contributed by atoms with van der Waals surface area (Å²) in [4.78, 5) is 19.1. The first kappa shape index (κ1) is 16.7. The van der Waals surface area contributed by atoms with E-state index in [4.69, 9.17) is 23.2 Å². The Morgan fingerprint density at radius 1 is 1.17 bits per heavy atom. The van der Waals surface area contributed by atoms with Crippen LogP contribution in [-0.2, 0) is 0 Å². The van der Waals surface area contributed by atoms with Crippen molar-refractivity contribution in [2.24, 2.45) is 0 Å². The second kappa shape index (κ2) is 7.19. The van der Waals surface area contributed by atoms with E-state index in [0.29, 0.717) is 10.7 Å². The maximum atomic E-state index is 11.5. The zero-order valence-electron chi connectivity index (χ0n) is 12.6. The van der Waals surface area contributed by atoms with Gasteiger partial charge in [0.1, 0.15) is 6.33 Å². The second-order valence-electron chi connectivity index (χ2n) is 5.53. The Morgan fingerprint density at radius 3 is 2.58 bits per heavy atom. The zero-order chi connectivity index (χ0) is 17.1. The third-order valence-corrected chi connectivity index (χ3v) is 4.72. The highest BCUT2D eigenvalue weighted by Crippen LogP contribution is 2.36. The van der Waals surface area contributed by atoms with Gasteiger partial charge in [0.25, 0.3) is 0 Å². The molecule has 0 amide bonds. The van der Waals surface area contributed by atoms with Gasteiger partial charge < -0.3 is 10.6 Å². The Kier molecular flexibility index (Phi) is 5.01. The Morgan fingerprint density at radius 2 is 1.88 bits per heavy atom. The number of halogens is 2. The van der Waals surface area contributed by atoms with Crippen LogP contribution >= 0.6 is 23.2 Å². The molecule has 0 bridgehead atoms. The maximum absolute atomic E-state index is 11.5. The first-order valence-electron chi connectivity index (χ1n) is 7.53. The van der Waals surface area contributed by atoms with Crippen LogP contribution in [0.2, 0.25) is 10.0 Å². The Bertz CT molecular complexity index is 766. The molecule has 2 N–H and O–H groups in total. The number of rotatable bonds is 5. The van der Waals surface area contributed by atoms with E-state index < -0.39 is 4.92 Å². The molecular formula is C15H15Cl2N5O2. The zero-order valence-corrected chi connectivity index (χ0v) is 14.1. The Labute approximate surface area is 148 Å². The minimum Gasteiger partial charge on any atom is -0.361 e. The molecule has 0 saturated heterocycles. The van der Waals surface area contributed by atoms with Crippen molar-refractivity contribution in [1.29, 1.82) is 0 Å². The third-order valence-electron chi connectivity index (χ3n) is 3.91. The number of anilines is 3. The van der Waals surface area contributed by atoms with Crippen LogP contribution in [0.25, 0.3) is 0 Å². The smallest absolute Gasteiger partial charge is 0.353 e. The molecule has 3 rings (SSSR count). The molecular weight excluding hydrogens is 353 g/mol. The van der Waals surface area contributed by atoms with Crippen molar-refractivity contribution >= 4 is 46.2 Å². The minimum absolute atomic E-state index is 0.0691. The molecule has 0 aliphatic heterocycles. The van der Waals surface area contributed by atoms with E-state index in [1.165, 1.54) is 6.33 Å². The molecule has 1 aromatic heterocycles. The molecule has 1 aliphatic carbocycles. The number of aromatic nitrogens is 2. The average molecular weight is 368 g/mol. The summed E-state index contributed by atoms with van der Waals surface area (Å²) >= 11 is 12.1. The van der Waals surface area contributed by atoms with Crippen LogP contribution in [0.1, 0.15) is 25.7 Å². The lowest BCUT2D eigenvalue weighted by Gasteiger charge is -2.14. The monoisotopic (exact) mass is 367 g/mol. The van der Waals surface area contributed by atoms with Crippen molar-refractivity contribution in [2.75, 3.05) is 10.6 Å².